The molecule has 6 nitrogen and oxygen atoms in total. The first kappa shape index (κ1) is 18.0. The first-order chi connectivity index (χ1) is 13.0. The Labute approximate surface area is 157 Å². The summed E-state index contributed by atoms with van der Waals surface area (Å²) in [7, 11) is 0. The number of alkyl halides is 3. The lowest BCUT2D eigenvalue weighted by Gasteiger charge is -2.32. The summed E-state index contributed by atoms with van der Waals surface area (Å²) >= 11 is 1.52. The number of nitrogens with zero attached hydrogens (tertiary/aromatic N) is 6. The monoisotopic (exact) mass is 394 g/mol. The van der Waals surface area contributed by atoms with Gasteiger partial charge in [-0.05, 0) is 43.4 Å². The Kier molecular flexibility index (Phi) is 4.67. The smallest absolute Gasteiger partial charge is 0.354 e. The summed E-state index contributed by atoms with van der Waals surface area (Å²) in [5.41, 5.74) is -0.290. The van der Waals surface area contributed by atoms with E-state index in [1.165, 1.54) is 22.2 Å². The Morgan fingerprint density at radius 1 is 1.07 bits per heavy atom. The summed E-state index contributed by atoms with van der Waals surface area (Å²) in [4.78, 5) is 2.10. The molecule has 1 aliphatic heterocycles. The van der Waals surface area contributed by atoms with Crippen molar-refractivity contribution in [3.8, 4) is 0 Å². The van der Waals surface area contributed by atoms with E-state index in [-0.39, 0.29) is 5.92 Å². The molecular weight excluding hydrogens is 377 g/mol. The second kappa shape index (κ2) is 6.99. The summed E-state index contributed by atoms with van der Waals surface area (Å²) in [5, 5.41) is 17.5. The molecule has 0 amide bonds. The predicted molar refractivity (Wildman–Crippen MR) is 96.0 cm³/mol. The van der Waals surface area contributed by atoms with Crippen LogP contribution in [-0.2, 0) is 6.18 Å². The number of anilines is 1. The second-order valence-corrected chi connectivity index (χ2v) is 7.25. The van der Waals surface area contributed by atoms with Gasteiger partial charge in [-0.2, -0.15) is 13.2 Å². The molecule has 1 aliphatic rings. The third kappa shape index (κ3) is 3.58. The molecule has 0 spiro atoms. The quantitative estimate of drug-likeness (QED) is 0.632. The molecule has 0 radical (unpaired) electrons. The largest absolute Gasteiger partial charge is 0.417 e. The third-order valence-corrected chi connectivity index (χ3v) is 5.34. The van der Waals surface area contributed by atoms with Crippen LogP contribution in [-0.4, -0.2) is 44.1 Å². The lowest BCUT2D eigenvalue weighted by atomic mass is 9.97. The van der Waals surface area contributed by atoms with Crippen LogP contribution < -0.4 is 4.90 Å². The maximum Gasteiger partial charge on any atom is 0.417 e. The Morgan fingerprint density at radius 3 is 2.63 bits per heavy atom. The zero-order chi connectivity index (χ0) is 19.0. The molecule has 0 saturated carbocycles. The zero-order valence-electron chi connectivity index (χ0n) is 14.5. The normalized spacial score (nSPS) is 18.2. The number of pyridine rings is 1. The van der Waals surface area contributed by atoms with Gasteiger partial charge in [-0.25, -0.2) is 0 Å². The van der Waals surface area contributed by atoms with Gasteiger partial charge in [-0.3, -0.25) is 4.40 Å². The maximum absolute atomic E-state index is 13.1. The predicted octanol–water partition coefficient (Wildman–Crippen LogP) is 3.64. The van der Waals surface area contributed by atoms with Crippen molar-refractivity contribution in [2.24, 2.45) is 0 Å². The van der Waals surface area contributed by atoms with Crippen molar-refractivity contribution in [3.05, 3.63) is 41.9 Å². The van der Waals surface area contributed by atoms with E-state index < -0.39 is 11.7 Å². The number of hydrogen-bond acceptors (Lipinski definition) is 6. The molecular formula is C17H17F3N6S. The summed E-state index contributed by atoms with van der Waals surface area (Å²) in [6.07, 6.45) is 0.347. The van der Waals surface area contributed by atoms with Gasteiger partial charge in [-0.1, -0.05) is 0 Å². The van der Waals surface area contributed by atoms with Gasteiger partial charge in [0, 0.05) is 25.2 Å². The molecule has 4 rings (SSSR count). The fourth-order valence-corrected chi connectivity index (χ4v) is 3.67. The van der Waals surface area contributed by atoms with Gasteiger partial charge >= 0.3 is 6.18 Å². The number of aromatic nitrogens is 5. The van der Waals surface area contributed by atoms with Crippen LogP contribution in [0.3, 0.4) is 0 Å². The molecule has 1 atom stereocenters. The highest BCUT2D eigenvalue weighted by Crippen LogP contribution is 2.32. The van der Waals surface area contributed by atoms with Crippen LogP contribution in [0.15, 0.2) is 35.5 Å². The topological polar surface area (TPSA) is 59.2 Å². The Morgan fingerprint density at radius 2 is 1.93 bits per heavy atom. The van der Waals surface area contributed by atoms with Crippen LogP contribution in [0.1, 0.15) is 30.1 Å². The van der Waals surface area contributed by atoms with E-state index in [0.717, 1.165) is 42.5 Å². The highest BCUT2D eigenvalue weighted by molar-refractivity contribution is 7.98. The van der Waals surface area contributed by atoms with Crippen LogP contribution >= 0.6 is 11.8 Å². The van der Waals surface area contributed by atoms with Crippen molar-refractivity contribution in [2.75, 3.05) is 24.2 Å². The first-order valence-electron chi connectivity index (χ1n) is 8.50. The van der Waals surface area contributed by atoms with Gasteiger partial charge in [0.1, 0.15) is 10.9 Å². The fraction of sp³-hybridized carbons (Fsp3) is 0.412. The van der Waals surface area contributed by atoms with Gasteiger partial charge in [0.25, 0.3) is 0 Å². The van der Waals surface area contributed by atoms with E-state index in [0.29, 0.717) is 18.0 Å². The zero-order valence-corrected chi connectivity index (χ0v) is 15.3. The Balaban J connectivity index is 1.62. The van der Waals surface area contributed by atoms with Gasteiger partial charge in [-0.15, -0.1) is 32.2 Å². The lowest BCUT2D eigenvalue weighted by molar-refractivity contribution is -0.137. The molecule has 3 aromatic rings. The van der Waals surface area contributed by atoms with E-state index in [1.807, 2.05) is 18.4 Å². The van der Waals surface area contributed by atoms with Gasteiger partial charge in [0.2, 0.25) is 0 Å². The maximum atomic E-state index is 13.1. The molecule has 1 unspecified atom stereocenters. The number of hydrogen-bond donors (Lipinski definition) is 0. The van der Waals surface area contributed by atoms with E-state index in [2.05, 4.69) is 25.3 Å². The minimum atomic E-state index is -4.40. The second-order valence-electron chi connectivity index (χ2n) is 6.42. The minimum Gasteiger partial charge on any atom is -0.354 e. The summed E-state index contributed by atoms with van der Waals surface area (Å²) in [5.74, 6) is 1.29. The molecule has 142 valence electrons. The SMILES string of the molecule is CSc1ccc(N2CCCC(c3nnc4ccc(C(F)(F)F)cn34)C2)nn1. The van der Waals surface area contributed by atoms with E-state index in [4.69, 9.17) is 0 Å². The first-order valence-corrected chi connectivity index (χ1v) is 9.73. The van der Waals surface area contributed by atoms with Crippen molar-refractivity contribution >= 4 is 23.2 Å². The molecule has 27 heavy (non-hydrogen) atoms. The van der Waals surface area contributed by atoms with Crippen LogP contribution in [0.4, 0.5) is 19.0 Å². The summed E-state index contributed by atoms with van der Waals surface area (Å²) in [6.45, 7) is 1.44. The number of rotatable bonds is 3. The van der Waals surface area contributed by atoms with Crippen molar-refractivity contribution in [1.29, 1.82) is 0 Å². The number of thioether (sulfide) groups is 1. The van der Waals surface area contributed by atoms with Crippen molar-refractivity contribution < 1.29 is 13.2 Å². The third-order valence-electron chi connectivity index (χ3n) is 4.70. The molecule has 0 bridgehead atoms. The molecule has 0 N–H and O–H groups in total. The van der Waals surface area contributed by atoms with Gasteiger partial charge in [0.15, 0.2) is 11.5 Å². The van der Waals surface area contributed by atoms with E-state index in [1.54, 1.807) is 0 Å². The molecule has 1 fully saturated rings. The highest BCUT2D eigenvalue weighted by Gasteiger charge is 2.32. The van der Waals surface area contributed by atoms with E-state index in [9.17, 15) is 13.2 Å². The Hall–Kier alpha value is -2.36. The average molecular weight is 394 g/mol. The Bertz CT molecular complexity index is 940. The highest BCUT2D eigenvalue weighted by atomic mass is 32.2. The minimum absolute atomic E-state index is 0.0285. The molecule has 1 saturated heterocycles. The van der Waals surface area contributed by atoms with E-state index >= 15 is 0 Å². The van der Waals surface area contributed by atoms with Crippen molar-refractivity contribution in [2.45, 2.75) is 30.0 Å². The summed E-state index contributed by atoms with van der Waals surface area (Å²) in [6, 6.07) is 6.22. The fourth-order valence-electron chi connectivity index (χ4n) is 3.34. The number of fused-ring (bicyclic) bond motifs is 1. The number of halogens is 3. The van der Waals surface area contributed by atoms with Crippen molar-refractivity contribution in [1.82, 2.24) is 24.8 Å². The molecule has 4 heterocycles. The molecule has 3 aromatic heterocycles. The van der Waals surface area contributed by atoms with Crippen LogP contribution in [0.25, 0.3) is 5.65 Å². The van der Waals surface area contributed by atoms with Crippen LogP contribution in [0.2, 0.25) is 0 Å². The van der Waals surface area contributed by atoms with Crippen LogP contribution in [0, 0.1) is 0 Å². The van der Waals surface area contributed by atoms with Gasteiger partial charge in [0.05, 0.1) is 5.56 Å². The summed E-state index contributed by atoms with van der Waals surface area (Å²) < 4.78 is 40.6. The van der Waals surface area contributed by atoms with Gasteiger partial charge < -0.3 is 4.90 Å². The van der Waals surface area contributed by atoms with Crippen molar-refractivity contribution in [3.63, 3.8) is 0 Å². The molecule has 0 aliphatic carbocycles. The average Bonchev–Trinajstić information content (AvgIpc) is 3.11. The lowest BCUT2D eigenvalue weighted by Crippen LogP contribution is -2.35. The molecule has 10 heteroatoms. The molecule has 0 aromatic carbocycles. The van der Waals surface area contributed by atoms with Crippen LogP contribution in [0.5, 0.6) is 0 Å². The standard InChI is InChI=1S/C17H17F3N6S/c1-27-15-7-6-13(21-23-15)25-8-2-3-11(9-25)16-24-22-14-5-4-12(10-26(14)16)17(18,19)20/h4-7,10-11H,2-3,8-9H2,1H3. The number of piperidine rings is 1.